The van der Waals surface area contributed by atoms with Gasteiger partial charge < -0.3 is 24.0 Å². The smallest absolute Gasteiger partial charge is 0.138 e. The Morgan fingerprint density at radius 3 is 1.04 bits per heavy atom. The summed E-state index contributed by atoms with van der Waals surface area (Å²) in [7, 11) is 0. The Balaban J connectivity index is 0.772. The fraction of sp³-hybridized carbons (Fsp3) is 0.0108. The molecular weight excluding hydrogens is 1190 g/mol. The first-order valence-electron chi connectivity index (χ1n) is 33.6. The van der Waals surface area contributed by atoms with Crippen LogP contribution in [0.5, 0.6) is 0 Å². The molecule has 0 bridgehead atoms. The van der Waals surface area contributed by atoms with Crippen LogP contribution in [0.3, 0.4) is 0 Å². The number of para-hydroxylation sites is 6. The summed E-state index contributed by atoms with van der Waals surface area (Å²) in [5.74, 6) is 0. The van der Waals surface area contributed by atoms with Crippen molar-refractivity contribution in [2.24, 2.45) is 0 Å². The van der Waals surface area contributed by atoms with E-state index >= 15 is 0 Å². The number of nitrogens with zero attached hydrogens (tertiary/aromatic N) is 4. The molecule has 18 rings (SSSR count). The van der Waals surface area contributed by atoms with Crippen molar-refractivity contribution in [2.45, 2.75) is 5.41 Å². The first-order chi connectivity index (χ1) is 48.6. The van der Waals surface area contributed by atoms with Gasteiger partial charge in [-0.15, -0.1) is 0 Å². The highest BCUT2D eigenvalue weighted by Crippen LogP contribution is 2.61. The first kappa shape index (κ1) is 57.7. The number of anilines is 12. The maximum absolute atomic E-state index is 7.09. The quantitative estimate of drug-likeness (QED) is 0.102. The van der Waals surface area contributed by atoms with E-state index in [0.717, 1.165) is 112 Å². The van der Waals surface area contributed by atoms with Gasteiger partial charge in [-0.05, 0) is 183 Å². The summed E-state index contributed by atoms with van der Waals surface area (Å²) in [6, 6.07) is 141. The van der Waals surface area contributed by atoms with Crippen LogP contribution in [0.1, 0.15) is 22.3 Å². The zero-order chi connectivity index (χ0) is 64.9. The highest BCUT2D eigenvalue weighted by atomic mass is 16.3. The van der Waals surface area contributed by atoms with Crippen LogP contribution in [0.15, 0.2) is 393 Å². The minimum Gasteiger partial charge on any atom is -0.456 e. The average Bonchev–Trinajstić information content (AvgIpc) is 1.52. The molecule has 17 aromatic rings. The lowest BCUT2D eigenvalue weighted by atomic mass is 9.67. The molecule has 0 spiro atoms. The van der Waals surface area contributed by atoms with E-state index in [0.29, 0.717) is 0 Å². The summed E-state index contributed by atoms with van der Waals surface area (Å²) in [5.41, 5.74) is 23.1. The molecule has 0 atom stereocenters. The van der Waals surface area contributed by atoms with Crippen LogP contribution in [-0.2, 0) is 5.41 Å². The molecule has 1 aliphatic rings. The van der Waals surface area contributed by atoms with E-state index in [1.54, 1.807) is 0 Å². The number of rotatable bonds is 15. The Labute approximate surface area is 570 Å². The molecule has 5 nitrogen and oxygen atoms in total. The van der Waals surface area contributed by atoms with Crippen LogP contribution in [0.2, 0.25) is 0 Å². The fourth-order valence-electron chi connectivity index (χ4n) is 15.4. The summed E-state index contributed by atoms with van der Waals surface area (Å²) >= 11 is 0. The van der Waals surface area contributed by atoms with Gasteiger partial charge in [0, 0.05) is 90.6 Å². The highest BCUT2D eigenvalue weighted by molar-refractivity contribution is 6.23. The number of fused-ring (bicyclic) bond motifs is 10. The Kier molecular flexibility index (Phi) is 14.4. The number of hydrogen-bond acceptors (Lipinski definition) is 5. The van der Waals surface area contributed by atoms with Crippen LogP contribution in [0.4, 0.5) is 68.2 Å². The van der Waals surface area contributed by atoms with Crippen molar-refractivity contribution in [2.75, 3.05) is 19.6 Å². The molecule has 0 fully saturated rings. The number of hydrogen-bond donors (Lipinski definition) is 0. The number of furan rings is 1. The zero-order valence-corrected chi connectivity index (χ0v) is 53.6. The average molecular weight is 1250 g/mol. The van der Waals surface area contributed by atoms with Crippen molar-refractivity contribution in [3.8, 4) is 22.3 Å². The van der Waals surface area contributed by atoms with Crippen LogP contribution in [-0.4, -0.2) is 0 Å². The third kappa shape index (κ3) is 9.78. The van der Waals surface area contributed by atoms with E-state index in [1.807, 2.05) is 0 Å². The molecule has 0 N–H and O–H groups in total. The third-order valence-corrected chi connectivity index (χ3v) is 19.6. The lowest BCUT2D eigenvalue weighted by Crippen LogP contribution is -2.29. The van der Waals surface area contributed by atoms with Crippen molar-refractivity contribution in [3.05, 3.63) is 411 Å². The van der Waals surface area contributed by atoms with Crippen LogP contribution in [0, 0.1) is 0 Å². The Hall–Kier alpha value is -13.0. The normalized spacial score (nSPS) is 12.2. The molecule has 0 unspecified atom stereocenters. The van der Waals surface area contributed by atoms with Crippen LogP contribution >= 0.6 is 0 Å². The zero-order valence-electron chi connectivity index (χ0n) is 53.6. The molecule has 0 radical (unpaired) electrons. The maximum atomic E-state index is 7.09. The SMILES string of the molecule is c1ccc(N(c2cccc(-c3cccc(N(c4ccccc4)c4ccc5c(c4)oc4cc(N(c6ccccc6)c6ccccc6)c6ccccc6c45)c3)c2)c2ccc3c(c2)C(c2ccccc2)(c2ccccc2)c2cc(N(c4ccccc4)c4ccccc4)c4ccccc4c2-3)cc1. The maximum Gasteiger partial charge on any atom is 0.138 e. The molecule has 0 saturated carbocycles. The Bertz CT molecular complexity index is 5630. The minimum absolute atomic E-state index is 0.740. The van der Waals surface area contributed by atoms with Crippen molar-refractivity contribution < 1.29 is 4.42 Å². The summed E-state index contributed by atoms with van der Waals surface area (Å²) in [4.78, 5) is 9.53. The van der Waals surface area contributed by atoms with Gasteiger partial charge in [-0.2, -0.15) is 0 Å². The molecule has 98 heavy (non-hydrogen) atoms. The van der Waals surface area contributed by atoms with Gasteiger partial charge in [-0.25, -0.2) is 0 Å². The van der Waals surface area contributed by atoms with Gasteiger partial charge in [0.05, 0.1) is 16.8 Å². The minimum atomic E-state index is -0.740. The summed E-state index contributed by atoms with van der Waals surface area (Å²) < 4.78 is 7.09. The second-order valence-electron chi connectivity index (χ2n) is 25.1. The van der Waals surface area contributed by atoms with Gasteiger partial charge in [0.2, 0.25) is 0 Å². The van der Waals surface area contributed by atoms with E-state index in [1.165, 1.54) is 44.2 Å². The largest absolute Gasteiger partial charge is 0.456 e. The van der Waals surface area contributed by atoms with Gasteiger partial charge >= 0.3 is 0 Å². The highest BCUT2D eigenvalue weighted by Gasteiger charge is 2.48. The standard InChI is InChI=1S/C93H64N4O/c1-9-33-67(34-10-1)93(68-35-11-2-12-36-68)85-61-77(55-57-83(85)91-81-53-27-25-51-79(81)87(63-86(91)93)96(71-41-17-5-18-42-71)72-43-19-6-20-44-72)94(69-37-13-3-14-38-69)75-49-29-31-65(59-75)66-32-30-50-76(60-66)95(70-39-15-4-16-40-70)78-56-58-84-89(62-78)98-90-64-88(80-52-26-28-54-82(80)92(84)90)97(73-45-21-7-22-46-73)74-47-23-8-24-48-74/h1-64H. The van der Waals surface area contributed by atoms with Crippen LogP contribution in [0.25, 0.3) is 65.7 Å². The van der Waals surface area contributed by atoms with Crippen molar-refractivity contribution in [3.63, 3.8) is 0 Å². The fourth-order valence-corrected chi connectivity index (χ4v) is 15.4. The molecule has 0 saturated heterocycles. The Morgan fingerprint density at radius 1 is 0.214 bits per heavy atom. The monoisotopic (exact) mass is 1250 g/mol. The second-order valence-corrected chi connectivity index (χ2v) is 25.1. The van der Waals surface area contributed by atoms with E-state index in [9.17, 15) is 0 Å². The van der Waals surface area contributed by atoms with Crippen LogP contribution < -0.4 is 19.6 Å². The van der Waals surface area contributed by atoms with Crippen molar-refractivity contribution in [1.82, 2.24) is 0 Å². The second kappa shape index (κ2) is 24.4. The van der Waals surface area contributed by atoms with Crippen molar-refractivity contribution >= 4 is 112 Å². The van der Waals surface area contributed by atoms with Gasteiger partial charge in [0.1, 0.15) is 11.2 Å². The molecule has 1 heterocycles. The Morgan fingerprint density at radius 2 is 0.571 bits per heavy atom. The molecule has 0 amide bonds. The van der Waals surface area contributed by atoms with E-state index in [2.05, 4.69) is 408 Å². The third-order valence-electron chi connectivity index (χ3n) is 19.6. The van der Waals surface area contributed by atoms with Gasteiger partial charge in [-0.1, -0.05) is 249 Å². The molecular formula is C93H64N4O. The topological polar surface area (TPSA) is 26.1 Å². The molecule has 16 aromatic carbocycles. The summed E-state index contributed by atoms with van der Waals surface area (Å²) in [6.07, 6.45) is 0. The van der Waals surface area contributed by atoms with E-state index in [4.69, 9.17) is 4.42 Å². The van der Waals surface area contributed by atoms with Crippen molar-refractivity contribution in [1.29, 1.82) is 0 Å². The predicted octanol–water partition coefficient (Wildman–Crippen LogP) is 25.8. The van der Waals surface area contributed by atoms with Gasteiger partial charge in [0.25, 0.3) is 0 Å². The van der Waals surface area contributed by atoms with E-state index < -0.39 is 5.41 Å². The lowest BCUT2D eigenvalue weighted by Gasteiger charge is -2.36. The molecule has 0 aliphatic heterocycles. The lowest BCUT2D eigenvalue weighted by molar-refractivity contribution is 0.669. The van der Waals surface area contributed by atoms with Gasteiger partial charge in [-0.3, -0.25) is 0 Å². The molecule has 1 aromatic heterocycles. The first-order valence-corrected chi connectivity index (χ1v) is 33.6. The summed E-state index contributed by atoms with van der Waals surface area (Å²) in [5, 5.41) is 6.82. The molecule has 5 heteroatoms. The summed E-state index contributed by atoms with van der Waals surface area (Å²) in [6.45, 7) is 0. The number of benzene rings is 16. The van der Waals surface area contributed by atoms with E-state index in [-0.39, 0.29) is 0 Å². The predicted molar refractivity (Wildman–Crippen MR) is 410 cm³/mol. The van der Waals surface area contributed by atoms with Gasteiger partial charge in [0.15, 0.2) is 0 Å². The molecule has 462 valence electrons. The molecule has 1 aliphatic carbocycles.